The molecule has 1 aliphatic rings. The van der Waals surface area contributed by atoms with Crippen molar-refractivity contribution in [3.05, 3.63) is 63.7 Å². The lowest BCUT2D eigenvalue weighted by Gasteiger charge is -2.23. The number of nitro groups is 1. The normalized spacial score (nSPS) is 15.7. The molecule has 0 spiro atoms. The SMILES string of the molecule is CC(=O)c1ccc(N2CCCN(S(=O)(=O)c3ccc(C)cc3)CC2)c([N+](=O)[O-])c1. The Morgan fingerprint density at radius 1 is 1.03 bits per heavy atom. The van der Waals surface area contributed by atoms with Gasteiger partial charge in [-0.1, -0.05) is 17.7 Å². The summed E-state index contributed by atoms with van der Waals surface area (Å²) in [6.45, 7) is 4.63. The smallest absolute Gasteiger partial charge is 0.293 e. The van der Waals surface area contributed by atoms with Gasteiger partial charge in [-0.15, -0.1) is 0 Å². The monoisotopic (exact) mass is 417 g/mol. The summed E-state index contributed by atoms with van der Waals surface area (Å²) in [6.07, 6.45) is 0.538. The number of hydrogen-bond acceptors (Lipinski definition) is 6. The molecule has 0 saturated carbocycles. The Balaban J connectivity index is 1.84. The van der Waals surface area contributed by atoms with E-state index in [1.54, 1.807) is 36.4 Å². The van der Waals surface area contributed by atoms with E-state index in [9.17, 15) is 23.3 Å². The molecular formula is C20H23N3O5S. The first-order valence-corrected chi connectivity index (χ1v) is 10.8. The molecule has 2 aromatic rings. The van der Waals surface area contributed by atoms with Crippen molar-refractivity contribution in [3.8, 4) is 0 Å². The molecule has 154 valence electrons. The van der Waals surface area contributed by atoms with Gasteiger partial charge in [0.1, 0.15) is 5.69 Å². The van der Waals surface area contributed by atoms with Crippen molar-refractivity contribution in [2.75, 3.05) is 31.1 Å². The Morgan fingerprint density at radius 2 is 1.72 bits per heavy atom. The number of anilines is 1. The van der Waals surface area contributed by atoms with E-state index in [0.717, 1.165) is 5.56 Å². The summed E-state index contributed by atoms with van der Waals surface area (Å²) in [5, 5.41) is 11.5. The Labute approximate surface area is 169 Å². The number of benzene rings is 2. The summed E-state index contributed by atoms with van der Waals surface area (Å²) < 4.78 is 27.3. The fourth-order valence-electron chi connectivity index (χ4n) is 3.39. The Hall–Kier alpha value is -2.78. The molecule has 1 heterocycles. The maximum Gasteiger partial charge on any atom is 0.293 e. The average Bonchev–Trinajstić information content (AvgIpc) is 2.94. The van der Waals surface area contributed by atoms with Crippen molar-refractivity contribution in [1.29, 1.82) is 0 Å². The summed E-state index contributed by atoms with van der Waals surface area (Å²) in [7, 11) is -3.62. The van der Waals surface area contributed by atoms with Crippen LogP contribution in [0.2, 0.25) is 0 Å². The molecule has 29 heavy (non-hydrogen) atoms. The quantitative estimate of drug-likeness (QED) is 0.421. The molecular weight excluding hydrogens is 394 g/mol. The molecule has 1 fully saturated rings. The minimum Gasteiger partial charge on any atom is -0.365 e. The van der Waals surface area contributed by atoms with E-state index in [0.29, 0.717) is 31.7 Å². The van der Waals surface area contributed by atoms with Gasteiger partial charge in [0.25, 0.3) is 5.69 Å². The number of carbonyl (C=O) groups is 1. The third-order valence-electron chi connectivity index (χ3n) is 5.03. The molecule has 0 radical (unpaired) electrons. The molecule has 1 aliphatic heterocycles. The van der Waals surface area contributed by atoms with Crippen LogP contribution in [0.25, 0.3) is 0 Å². The van der Waals surface area contributed by atoms with E-state index in [1.165, 1.54) is 17.3 Å². The third-order valence-corrected chi connectivity index (χ3v) is 6.95. The second-order valence-electron chi connectivity index (χ2n) is 7.07. The van der Waals surface area contributed by atoms with E-state index < -0.39 is 14.9 Å². The van der Waals surface area contributed by atoms with Gasteiger partial charge in [-0.2, -0.15) is 4.31 Å². The Bertz CT molecular complexity index is 1030. The number of hydrogen-bond donors (Lipinski definition) is 0. The van der Waals surface area contributed by atoms with Gasteiger partial charge in [-0.3, -0.25) is 14.9 Å². The van der Waals surface area contributed by atoms with Crippen LogP contribution in [0.4, 0.5) is 11.4 Å². The van der Waals surface area contributed by atoms with E-state index in [2.05, 4.69) is 0 Å². The second-order valence-corrected chi connectivity index (χ2v) is 9.01. The van der Waals surface area contributed by atoms with Crippen LogP contribution >= 0.6 is 0 Å². The average molecular weight is 417 g/mol. The van der Waals surface area contributed by atoms with E-state index in [4.69, 9.17) is 0 Å². The molecule has 8 nitrogen and oxygen atoms in total. The van der Waals surface area contributed by atoms with Crippen molar-refractivity contribution in [1.82, 2.24) is 4.31 Å². The molecule has 0 aliphatic carbocycles. The van der Waals surface area contributed by atoms with Crippen LogP contribution in [-0.4, -0.2) is 49.6 Å². The number of nitrogens with zero attached hydrogens (tertiary/aromatic N) is 3. The Morgan fingerprint density at radius 3 is 2.34 bits per heavy atom. The van der Waals surface area contributed by atoms with Gasteiger partial charge in [-0.25, -0.2) is 8.42 Å². The predicted molar refractivity (Wildman–Crippen MR) is 110 cm³/mol. The highest BCUT2D eigenvalue weighted by Gasteiger charge is 2.29. The van der Waals surface area contributed by atoms with Crippen LogP contribution in [-0.2, 0) is 10.0 Å². The number of Topliss-reactive ketones (excluding diaryl/α,β-unsaturated/α-hetero) is 1. The fourth-order valence-corrected chi connectivity index (χ4v) is 4.86. The first kappa shape index (κ1) is 20.9. The van der Waals surface area contributed by atoms with Gasteiger partial charge in [0.05, 0.1) is 9.82 Å². The molecule has 0 unspecified atom stereocenters. The maximum atomic E-state index is 13.0. The molecule has 0 bridgehead atoms. The first-order chi connectivity index (χ1) is 13.7. The number of rotatable bonds is 5. The van der Waals surface area contributed by atoms with E-state index in [1.807, 2.05) is 11.8 Å². The summed E-state index contributed by atoms with van der Waals surface area (Å²) in [5.74, 6) is -0.245. The summed E-state index contributed by atoms with van der Waals surface area (Å²) in [5.41, 5.74) is 1.51. The topological polar surface area (TPSA) is 101 Å². The van der Waals surface area contributed by atoms with E-state index >= 15 is 0 Å². The van der Waals surface area contributed by atoms with Gasteiger partial charge < -0.3 is 4.90 Å². The van der Waals surface area contributed by atoms with Crippen LogP contribution in [0.3, 0.4) is 0 Å². The summed E-state index contributed by atoms with van der Waals surface area (Å²) in [4.78, 5) is 24.6. The molecule has 0 atom stereocenters. The van der Waals surface area contributed by atoms with Gasteiger partial charge in [-0.05, 0) is 44.5 Å². The lowest BCUT2D eigenvalue weighted by Crippen LogP contribution is -2.35. The molecule has 1 saturated heterocycles. The van der Waals surface area contributed by atoms with Crippen LogP contribution < -0.4 is 4.90 Å². The van der Waals surface area contributed by atoms with Crippen molar-refractivity contribution in [3.63, 3.8) is 0 Å². The van der Waals surface area contributed by atoms with Crippen molar-refractivity contribution in [2.45, 2.75) is 25.2 Å². The minimum absolute atomic E-state index is 0.146. The molecule has 2 aromatic carbocycles. The number of ketones is 1. The lowest BCUT2D eigenvalue weighted by molar-refractivity contribution is -0.384. The number of sulfonamides is 1. The van der Waals surface area contributed by atoms with Crippen LogP contribution in [0.1, 0.15) is 29.3 Å². The number of carbonyl (C=O) groups excluding carboxylic acids is 1. The summed E-state index contributed by atoms with van der Waals surface area (Å²) in [6, 6.07) is 11.1. The van der Waals surface area contributed by atoms with Crippen molar-refractivity contribution < 1.29 is 18.1 Å². The zero-order valence-corrected chi connectivity index (χ0v) is 17.2. The largest absolute Gasteiger partial charge is 0.365 e. The summed E-state index contributed by atoms with van der Waals surface area (Å²) >= 11 is 0. The highest BCUT2D eigenvalue weighted by molar-refractivity contribution is 7.89. The predicted octanol–water partition coefficient (Wildman–Crippen LogP) is 3.01. The zero-order valence-electron chi connectivity index (χ0n) is 16.4. The maximum absolute atomic E-state index is 13.0. The number of nitro benzene ring substituents is 1. The highest BCUT2D eigenvalue weighted by atomic mass is 32.2. The van der Waals surface area contributed by atoms with Crippen LogP contribution in [0.5, 0.6) is 0 Å². The minimum atomic E-state index is -3.62. The van der Waals surface area contributed by atoms with Crippen molar-refractivity contribution in [2.24, 2.45) is 0 Å². The lowest BCUT2D eigenvalue weighted by atomic mass is 10.1. The molecule has 3 rings (SSSR count). The van der Waals surface area contributed by atoms with Crippen LogP contribution in [0.15, 0.2) is 47.4 Å². The molecule has 0 aromatic heterocycles. The Kier molecular flexibility index (Phi) is 5.99. The van der Waals surface area contributed by atoms with E-state index in [-0.39, 0.29) is 28.5 Å². The zero-order chi connectivity index (χ0) is 21.2. The number of aryl methyl sites for hydroxylation is 1. The van der Waals surface area contributed by atoms with Crippen LogP contribution in [0, 0.1) is 17.0 Å². The molecule has 0 N–H and O–H groups in total. The first-order valence-electron chi connectivity index (χ1n) is 9.31. The second kappa shape index (κ2) is 8.30. The molecule has 0 amide bonds. The van der Waals surface area contributed by atoms with Gasteiger partial charge >= 0.3 is 0 Å². The van der Waals surface area contributed by atoms with Crippen molar-refractivity contribution >= 4 is 27.2 Å². The highest BCUT2D eigenvalue weighted by Crippen LogP contribution is 2.31. The standard InChI is InChI=1S/C20H23N3O5S/c1-15-4-7-18(8-5-15)29(27,28)22-11-3-10-21(12-13-22)19-9-6-17(16(2)24)14-20(19)23(25)26/h4-9,14H,3,10-13H2,1-2H3. The molecule has 9 heteroatoms. The van der Waals surface area contributed by atoms with Gasteiger partial charge in [0.15, 0.2) is 5.78 Å². The third kappa shape index (κ3) is 4.46. The van der Waals surface area contributed by atoms with Gasteiger partial charge in [0, 0.05) is 37.8 Å². The fraction of sp³-hybridized carbons (Fsp3) is 0.350. The van der Waals surface area contributed by atoms with Gasteiger partial charge in [0.2, 0.25) is 10.0 Å².